The maximum Gasteiger partial charge on any atom is 0.281 e. The van der Waals surface area contributed by atoms with Crippen molar-refractivity contribution in [3.8, 4) is 11.4 Å². The van der Waals surface area contributed by atoms with E-state index in [2.05, 4.69) is 14.7 Å². The summed E-state index contributed by atoms with van der Waals surface area (Å²) in [5, 5.41) is 0.476. The van der Waals surface area contributed by atoms with Crippen LogP contribution < -0.4 is 10.3 Å². The second-order valence-electron chi connectivity index (χ2n) is 5.90. The number of para-hydroxylation sites is 2. The summed E-state index contributed by atoms with van der Waals surface area (Å²) in [6, 6.07) is 21.9. The first kappa shape index (κ1) is 17.0. The van der Waals surface area contributed by atoms with Crippen LogP contribution in [0.25, 0.3) is 22.3 Å². The minimum Gasteiger partial charge on any atom is -0.339 e. The van der Waals surface area contributed by atoms with E-state index in [9.17, 15) is 13.2 Å². The molecule has 3 aromatic carbocycles. The number of benzene rings is 3. The minimum atomic E-state index is -3.77. The summed E-state index contributed by atoms with van der Waals surface area (Å²) >= 11 is 0. The smallest absolute Gasteiger partial charge is 0.281 e. The zero-order valence-electron chi connectivity index (χ0n) is 14.1. The van der Waals surface area contributed by atoms with Crippen LogP contribution >= 0.6 is 0 Å². The second-order valence-corrected chi connectivity index (χ2v) is 7.58. The molecule has 0 atom stereocenters. The van der Waals surface area contributed by atoms with Gasteiger partial charge < -0.3 is 4.98 Å². The maximum atomic E-state index is 12.7. The zero-order valence-corrected chi connectivity index (χ0v) is 14.9. The van der Waals surface area contributed by atoms with Gasteiger partial charge in [0.25, 0.3) is 15.6 Å². The lowest BCUT2D eigenvalue weighted by atomic mass is 10.1. The second kappa shape index (κ2) is 6.69. The van der Waals surface area contributed by atoms with Gasteiger partial charge in [-0.15, -0.1) is 0 Å². The minimum absolute atomic E-state index is 0.153. The Hall–Kier alpha value is -3.45. The van der Waals surface area contributed by atoms with Gasteiger partial charge in [-0.2, -0.15) is 4.98 Å². The van der Waals surface area contributed by atoms with Crippen LogP contribution in [0.3, 0.4) is 0 Å². The van der Waals surface area contributed by atoms with Crippen LogP contribution in [0.1, 0.15) is 0 Å². The molecule has 0 fully saturated rings. The van der Waals surface area contributed by atoms with Gasteiger partial charge in [-0.25, -0.2) is 8.42 Å². The summed E-state index contributed by atoms with van der Waals surface area (Å²) in [4.78, 5) is 19.7. The van der Waals surface area contributed by atoms with Crippen molar-refractivity contribution in [1.82, 2.24) is 9.97 Å². The van der Waals surface area contributed by atoms with E-state index in [0.29, 0.717) is 28.0 Å². The standard InChI is InChI=1S/C20H15N3O3S/c24-20-16-11-5-6-12-17(16)21-19(22-20)15-10-4-7-13-18(15)23-27(25,26)14-8-2-1-3-9-14/h1-13,23H,(H,21,22,24). The molecular weight excluding hydrogens is 362 g/mol. The number of rotatable bonds is 4. The summed E-state index contributed by atoms with van der Waals surface area (Å²) in [5.74, 6) is 0.296. The quantitative estimate of drug-likeness (QED) is 0.570. The lowest BCUT2D eigenvalue weighted by Crippen LogP contribution is -2.15. The Morgan fingerprint density at radius 1 is 0.815 bits per heavy atom. The molecule has 2 N–H and O–H groups in total. The van der Waals surface area contributed by atoms with Crippen molar-refractivity contribution >= 4 is 26.6 Å². The third kappa shape index (κ3) is 3.32. The van der Waals surface area contributed by atoms with E-state index in [1.807, 2.05) is 6.07 Å². The lowest BCUT2D eigenvalue weighted by molar-refractivity contribution is 0.601. The van der Waals surface area contributed by atoms with Gasteiger partial charge in [-0.3, -0.25) is 9.52 Å². The number of aromatic amines is 1. The van der Waals surface area contributed by atoms with Crippen LogP contribution in [0, 0.1) is 0 Å². The first-order chi connectivity index (χ1) is 13.0. The van der Waals surface area contributed by atoms with Crippen molar-refractivity contribution in [2.45, 2.75) is 4.90 Å². The van der Waals surface area contributed by atoms with Crippen molar-refractivity contribution in [2.75, 3.05) is 4.72 Å². The van der Waals surface area contributed by atoms with Crippen molar-refractivity contribution in [1.29, 1.82) is 0 Å². The monoisotopic (exact) mass is 377 g/mol. The van der Waals surface area contributed by atoms with Crippen LogP contribution in [0.4, 0.5) is 5.69 Å². The summed E-state index contributed by atoms with van der Waals surface area (Å²) < 4.78 is 27.9. The first-order valence-electron chi connectivity index (χ1n) is 8.21. The van der Waals surface area contributed by atoms with E-state index in [-0.39, 0.29) is 10.5 Å². The van der Waals surface area contributed by atoms with E-state index >= 15 is 0 Å². The van der Waals surface area contributed by atoms with Gasteiger partial charge in [-0.05, 0) is 36.4 Å². The highest BCUT2D eigenvalue weighted by Crippen LogP contribution is 2.27. The van der Waals surface area contributed by atoms with E-state index in [1.54, 1.807) is 60.7 Å². The van der Waals surface area contributed by atoms with E-state index in [1.165, 1.54) is 12.1 Å². The van der Waals surface area contributed by atoms with Crippen molar-refractivity contribution in [2.24, 2.45) is 0 Å². The Morgan fingerprint density at radius 2 is 1.48 bits per heavy atom. The number of fused-ring (bicyclic) bond motifs is 1. The molecule has 0 bridgehead atoms. The third-order valence-electron chi connectivity index (χ3n) is 4.10. The molecule has 7 heteroatoms. The van der Waals surface area contributed by atoms with Gasteiger partial charge in [0, 0.05) is 5.56 Å². The van der Waals surface area contributed by atoms with Crippen LogP contribution in [0.2, 0.25) is 0 Å². The average molecular weight is 377 g/mol. The number of aromatic nitrogens is 2. The Bertz CT molecular complexity index is 1280. The molecule has 0 aliphatic heterocycles. The fraction of sp³-hybridized carbons (Fsp3) is 0. The summed E-state index contributed by atoms with van der Waals surface area (Å²) in [7, 11) is -3.77. The normalized spacial score (nSPS) is 11.4. The Labute approximate surface area is 155 Å². The summed E-state index contributed by atoms with van der Waals surface area (Å²) in [5.41, 5.74) is 1.08. The number of H-pyrrole nitrogens is 1. The maximum absolute atomic E-state index is 12.7. The van der Waals surface area contributed by atoms with E-state index in [4.69, 9.17) is 0 Å². The van der Waals surface area contributed by atoms with Gasteiger partial charge in [0.1, 0.15) is 5.82 Å². The molecule has 6 nitrogen and oxygen atoms in total. The van der Waals surface area contributed by atoms with Crippen molar-refractivity contribution in [3.63, 3.8) is 0 Å². The highest BCUT2D eigenvalue weighted by atomic mass is 32.2. The van der Waals surface area contributed by atoms with Gasteiger partial charge >= 0.3 is 0 Å². The highest BCUT2D eigenvalue weighted by molar-refractivity contribution is 7.92. The molecule has 0 spiro atoms. The fourth-order valence-corrected chi connectivity index (χ4v) is 3.91. The van der Waals surface area contributed by atoms with Crippen LogP contribution in [-0.2, 0) is 10.0 Å². The van der Waals surface area contributed by atoms with Gasteiger partial charge in [-0.1, -0.05) is 42.5 Å². The predicted molar refractivity (Wildman–Crippen MR) is 105 cm³/mol. The number of hydrogen-bond donors (Lipinski definition) is 2. The predicted octanol–water partition coefficient (Wildman–Crippen LogP) is 3.39. The van der Waals surface area contributed by atoms with Gasteiger partial charge in [0.15, 0.2) is 0 Å². The van der Waals surface area contributed by atoms with Crippen LogP contribution in [-0.4, -0.2) is 18.4 Å². The molecule has 134 valence electrons. The molecule has 0 unspecified atom stereocenters. The van der Waals surface area contributed by atoms with Crippen molar-refractivity contribution < 1.29 is 8.42 Å². The number of nitrogens with one attached hydrogen (secondary N) is 2. The Balaban J connectivity index is 1.82. The largest absolute Gasteiger partial charge is 0.339 e. The molecule has 4 rings (SSSR count). The van der Waals surface area contributed by atoms with Crippen molar-refractivity contribution in [3.05, 3.63) is 89.2 Å². The Kier molecular flexibility index (Phi) is 4.21. The SMILES string of the molecule is O=c1nc(-c2ccccc2NS(=O)(=O)c2ccccc2)[nH]c2ccccc12. The number of nitrogens with zero attached hydrogens (tertiary/aromatic N) is 1. The lowest BCUT2D eigenvalue weighted by Gasteiger charge is -2.12. The molecule has 0 amide bonds. The average Bonchev–Trinajstić information content (AvgIpc) is 2.69. The molecule has 27 heavy (non-hydrogen) atoms. The third-order valence-corrected chi connectivity index (χ3v) is 5.49. The van der Waals surface area contributed by atoms with Crippen LogP contribution in [0.15, 0.2) is 88.6 Å². The molecule has 0 aliphatic rings. The summed E-state index contributed by atoms with van der Waals surface area (Å²) in [6.45, 7) is 0. The number of sulfonamides is 1. The molecule has 0 saturated carbocycles. The Morgan fingerprint density at radius 3 is 2.30 bits per heavy atom. The number of hydrogen-bond acceptors (Lipinski definition) is 4. The first-order valence-corrected chi connectivity index (χ1v) is 9.69. The number of anilines is 1. The molecule has 0 saturated heterocycles. The zero-order chi connectivity index (χ0) is 18.9. The molecular formula is C20H15N3O3S. The highest BCUT2D eigenvalue weighted by Gasteiger charge is 2.17. The molecule has 0 radical (unpaired) electrons. The molecule has 1 aromatic heterocycles. The van der Waals surface area contributed by atoms with E-state index in [0.717, 1.165) is 0 Å². The fourth-order valence-electron chi connectivity index (χ4n) is 2.81. The summed E-state index contributed by atoms with van der Waals surface area (Å²) in [6.07, 6.45) is 0. The van der Waals surface area contributed by atoms with E-state index < -0.39 is 10.0 Å². The van der Waals surface area contributed by atoms with Gasteiger partial charge in [0.2, 0.25) is 0 Å². The molecule has 0 aliphatic carbocycles. The molecule has 4 aromatic rings. The van der Waals surface area contributed by atoms with Crippen LogP contribution in [0.5, 0.6) is 0 Å². The topological polar surface area (TPSA) is 91.9 Å². The molecule has 1 heterocycles. The van der Waals surface area contributed by atoms with Gasteiger partial charge in [0.05, 0.1) is 21.5 Å².